The van der Waals surface area contributed by atoms with Gasteiger partial charge in [-0.05, 0) is 60.9 Å². The van der Waals surface area contributed by atoms with Gasteiger partial charge in [-0.1, -0.05) is 62.5 Å². The van der Waals surface area contributed by atoms with Gasteiger partial charge in [0.25, 0.3) is 10.0 Å². The van der Waals surface area contributed by atoms with Gasteiger partial charge in [-0.3, -0.25) is 4.72 Å². The number of nitrogens with one attached hydrogen (secondary N) is 1. The van der Waals surface area contributed by atoms with Crippen molar-refractivity contribution in [2.45, 2.75) is 51.0 Å². The Morgan fingerprint density at radius 2 is 1.83 bits per heavy atom. The first-order chi connectivity index (χ1) is 16.5. The number of sulfonamides is 1. The topological polar surface area (TPSA) is 98.8 Å². The molecule has 3 atom stereocenters. The van der Waals surface area contributed by atoms with E-state index in [1.54, 1.807) is 12.1 Å². The van der Waals surface area contributed by atoms with Crippen molar-refractivity contribution < 1.29 is 27.5 Å². The maximum absolute atomic E-state index is 12.9. The number of hydrogen-bond acceptors (Lipinski definition) is 6. The molecule has 0 aliphatic heterocycles. The third-order valence-corrected chi connectivity index (χ3v) is 8.22. The minimum Gasteiger partial charge on any atom is -0.460 e. The summed E-state index contributed by atoms with van der Waals surface area (Å²) in [6.07, 6.45) is 2.64. The summed E-state index contributed by atoms with van der Waals surface area (Å²) in [6, 6.07) is 9.93. The monoisotopic (exact) mass is 541 g/mol. The van der Waals surface area contributed by atoms with Crippen LogP contribution in [0.2, 0.25) is 10.0 Å². The van der Waals surface area contributed by atoms with Gasteiger partial charge in [0, 0.05) is 5.02 Å². The molecule has 7 nitrogen and oxygen atoms in total. The predicted octanol–water partition coefficient (Wildman–Crippen LogP) is 5.96. The molecule has 0 amide bonds. The van der Waals surface area contributed by atoms with Crippen LogP contribution in [0.15, 0.2) is 47.4 Å². The molecule has 1 N–H and O–H groups in total. The van der Waals surface area contributed by atoms with Crippen molar-refractivity contribution in [3.63, 3.8) is 0 Å². The smallest absolute Gasteiger partial charge is 0.344 e. The molecule has 3 rings (SSSR count). The number of carbonyl (C=O) groups excluding carboxylic acids is 2. The Balaban J connectivity index is 1.68. The number of esters is 2. The van der Waals surface area contributed by atoms with Crippen molar-refractivity contribution >= 4 is 50.9 Å². The van der Waals surface area contributed by atoms with E-state index < -0.39 is 28.6 Å². The number of benzene rings is 2. The van der Waals surface area contributed by atoms with E-state index in [-0.39, 0.29) is 38.2 Å². The van der Waals surface area contributed by atoms with Crippen molar-refractivity contribution in [2.24, 2.45) is 17.8 Å². The van der Waals surface area contributed by atoms with Gasteiger partial charge >= 0.3 is 11.9 Å². The summed E-state index contributed by atoms with van der Waals surface area (Å²) in [6.45, 7) is 5.77. The highest BCUT2D eigenvalue weighted by atomic mass is 35.5. The lowest BCUT2D eigenvalue weighted by Gasteiger charge is -2.36. The number of halogens is 2. The van der Waals surface area contributed by atoms with E-state index in [1.807, 2.05) is 0 Å². The van der Waals surface area contributed by atoms with E-state index in [0.717, 1.165) is 19.3 Å². The first-order valence-electron chi connectivity index (χ1n) is 11.4. The molecular weight excluding hydrogens is 513 g/mol. The second-order valence-electron chi connectivity index (χ2n) is 9.16. The Hall–Kier alpha value is -2.29. The fraction of sp³-hybridized carbons (Fsp3) is 0.440. The van der Waals surface area contributed by atoms with Gasteiger partial charge in [0.05, 0.1) is 16.3 Å². The number of para-hydroxylation sites is 1. The van der Waals surface area contributed by atoms with Gasteiger partial charge in [0.15, 0.2) is 6.61 Å². The standard InChI is InChI=1S/C25H29Cl2NO6S/c1-15(2)18-10-8-16(3)12-22(18)34-24(29)14-33-25(30)19-6-4-5-7-21(19)28-35(31,32)23-13-17(26)9-11-20(23)27/h4-7,9,11,13,15-16,18,22,28H,8,10,12,14H2,1-3H3. The molecule has 10 heteroatoms. The Morgan fingerprint density at radius 1 is 1.11 bits per heavy atom. The maximum Gasteiger partial charge on any atom is 0.344 e. The zero-order valence-electron chi connectivity index (χ0n) is 19.8. The van der Waals surface area contributed by atoms with Gasteiger partial charge in [0.1, 0.15) is 11.0 Å². The van der Waals surface area contributed by atoms with Crippen LogP contribution in [0.5, 0.6) is 0 Å². The Kier molecular flexibility index (Phi) is 9.07. The van der Waals surface area contributed by atoms with E-state index in [1.165, 1.54) is 30.3 Å². The molecule has 0 aromatic heterocycles. The Bertz CT molecular complexity index is 1180. The number of hydrogen-bond donors (Lipinski definition) is 1. The van der Waals surface area contributed by atoms with E-state index >= 15 is 0 Å². The highest BCUT2D eigenvalue weighted by Gasteiger charge is 2.33. The van der Waals surface area contributed by atoms with E-state index in [0.29, 0.717) is 11.8 Å². The molecule has 2 aromatic rings. The zero-order valence-corrected chi connectivity index (χ0v) is 22.1. The van der Waals surface area contributed by atoms with Gasteiger partial charge in [-0.2, -0.15) is 0 Å². The minimum atomic E-state index is -4.16. The molecule has 1 fully saturated rings. The number of carbonyl (C=O) groups is 2. The molecular formula is C25H29Cl2NO6S. The average Bonchev–Trinajstić information content (AvgIpc) is 2.79. The van der Waals surface area contributed by atoms with Crippen LogP contribution in [0, 0.1) is 17.8 Å². The fourth-order valence-corrected chi connectivity index (χ4v) is 6.13. The van der Waals surface area contributed by atoms with Crippen LogP contribution in [-0.4, -0.2) is 33.1 Å². The minimum absolute atomic E-state index is 0.0251. The highest BCUT2D eigenvalue weighted by molar-refractivity contribution is 7.92. The summed E-state index contributed by atoms with van der Waals surface area (Å²) in [7, 11) is -4.16. The van der Waals surface area contributed by atoms with Crippen LogP contribution in [-0.2, 0) is 24.3 Å². The van der Waals surface area contributed by atoms with Crippen LogP contribution < -0.4 is 4.72 Å². The van der Waals surface area contributed by atoms with Crippen molar-refractivity contribution in [3.05, 3.63) is 58.1 Å². The normalized spacial score (nSPS) is 20.3. The van der Waals surface area contributed by atoms with Crippen LogP contribution in [0.3, 0.4) is 0 Å². The van der Waals surface area contributed by atoms with Crippen LogP contribution in [0.4, 0.5) is 5.69 Å². The van der Waals surface area contributed by atoms with Crippen LogP contribution in [0.1, 0.15) is 50.4 Å². The first kappa shape index (κ1) is 27.3. The molecule has 3 unspecified atom stereocenters. The molecule has 190 valence electrons. The molecule has 0 bridgehead atoms. The predicted molar refractivity (Wildman–Crippen MR) is 135 cm³/mol. The number of rotatable bonds is 8. The van der Waals surface area contributed by atoms with Crippen LogP contribution in [0.25, 0.3) is 0 Å². The third kappa shape index (κ3) is 7.12. The molecule has 1 saturated carbocycles. The summed E-state index contributed by atoms with van der Waals surface area (Å²) in [5.41, 5.74) is -0.0868. The summed E-state index contributed by atoms with van der Waals surface area (Å²) >= 11 is 11.9. The van der Waals surface area contributed by atoms with Crippen molar-refractivity contribution in [1.29, 1.82) is 0 Å². The molecule has 1 aliphatic rings. The molecule has 0 heterocycles. The van der Waals surface area contributed by atoms with E-state index in [2.05, 4.69) is 25.5 Å². The molecule has 1 aliphatic carbocycles. The number of anilines is 1. The molecule has 2 aromatic carbocycles. The summed E-state index contributed by atoms with van der Waals surface area (Å²) in [5.74, 6) is -0.407. The van der Waals surface area contributed by atoms with Crippen molar-refractivity contribution in [3.8, 4) is 0 Å². The molecule has 0 saturated heterocycles. The zero-order chi connectivity index (χ0) is 25.8. The summed E-state index contributed by atoms with van der Waals surface area (Å²) in [4.78, 5) is 24.9. The lowest BCUT2D eigenvalue weighted by Crippen LogP contribution is -2.36. The third-order valence-electron chi connectivity index (χ3n) is 6.14. The highest BCUT2D eigenvalue weighted by Crippen LogP contribution is 2.35. The second-order valence-corrected chi connectivity index (χ2v) is 11.7. The number of ether oxygens (including phenoxy) is 2. The van der Waals surface area contributed by atoms with E-state index in [9.17, 15) is 18.0 Å². The summed E-state index contributed by atoms with van der Waals surface area (Å²) < 4.78 is 38.9. The Labute approximate surface area is 216 Å². The lowest BCUT2D eigenvalue weighted by molar-refractivity contribution is -0.159. The molecule has 0 spiro atoms. The first-order valence-corrected chi connectivity index (χ1v) is 13.7. The van der Waals surface area contributed by atoms with Gasteiger partial charge in [-0.25, -0.2) is 18.0 Å². The average molecular weight is 542 g/mol. The summed E-state index contributed by atoms with van der Waals surface area (Å²) in [5, 5.41) is 0.162. The van der Waals surface area contributed by atoms with Gasteiger partial charge in [0.2, 0.25) is 0 Å². The van der Waals surface area contributed by atoms with E-state index in [4.69, 9.17) is 32.7 Å². The Morgan fingerprint density at radius 3 is 2.54 bits per heavy atom. The van der Waals surface area contributed by atoms with Crippen molar-refractivity contribution in [1.82, 2.24) is 0 Å². The van der Waals surface area contributed by atoms with Gasteiger partial charge < -0.3 is 9.47 Å². The molecule has 0 radical (unpaired) electrons. The fourth-order valence-electron chi connectivity index (χ4n) is 4.29. The second kappa shape index (κ2) is 11.6. The molecule has 35 heavy (non-hydrogen) atoms. The quantitative estimate of drug-likeness (QED) is 0.414. The lowest BCUT2D eigenvalue weighted by atomic mass is 9.75. The van der Waals surface area contributed by atoms with Crippen molar-refractivity contribution in [2.75, 3.05) is 11.3 Å². The maximum atomic E-state index is 12.9. The largest absolute Gasteiger partial charge is 0.460 e. The van der Waals surface area contributed by atoms with Crippen LogP contribution >= 0.6 is 23.2 Å². The van der Waals surface area contributed by atoms with Gasteiger partial charge in [-0.15, -0.1) is 0 Å². The SMILES string of the molecule is CC1CCC(C(C)C)C(OC(=O)COC(=O)c2ccccc2NS(=O)(=O)c2cc(Cl)ccc2Cl)C1.